The first kappa shape index (κ1) is 12.9. The number of benzene rings is 1. The molecule has 90 valence electrons. The van der Waals surface area contributed by atoms with Gasteiger partial charge in [0.2, 0.25) is 0 Å². The monoisotopic (exact) mass is 328 g/mol. The van der Waals surface area contributed by atoms with Crippen LogP contribution >= 0.6 is 39.0 Å². The summed E-state index contributed by atoms with van der Waals surface area (Å²) in [4.78, 5) is 6.77. The zero-order chi connectivity index (χ0) is 12.3. The predicted molar refractivity (Wildman–Crippen MR) is 79.8 cm³/mol. The van der Waals surface area contributed by atoms with Gasteiger partial charge in [0.05, 0.1) is 11.2 Å². The highest BCUT2D eigenvalue weighted by Crippen LogP contribution is 2.28. The van der Waals surface area contributed by atoms with Crippen LogP contribution in [0.3, 0.4) is 0 Å². The summed E-state index contributed by atoms with van der Waals surface area (Å²) < 4.78 is 1.03. The van der Waals surface area contributed by atoms with Gasteiger partial charge in [-0.25, -0.2) is 4.98 Å². The van der Waals surface area contributed by atoms with E-state index in [1.54, 1.807) is 23.1 Å². The van der Waals surface area contributed by atoms with Gasteiger partial charge in [0.15, 0.2) is 0 Å². The summed E-state index contributed by atoms with van der Waals surface area (Å²) in [6.45, 7) is 2.06. The fourth-order valence-electron chi connectivity index (χ4n) is 1.47. The first-order valence-corrected chi connectivity index (χ1v) is 7.89. The fourth-order valence-corrected chi connectivity index (χ4v) is 3.68. The number of nitrogen functional groups attached to an aromatic ring is 1. The van der Waals surface area contributed by atoms with Gasteiger partial charge < -0.3 is 5.73 Å². The molecular weight excluding hydrogens is 316 g/mol. The normalized spacial score (nSPS) is 10.7. The van der Waals surface area contributed by atoms with Crippen molar-refractivity contribution in [2.75, 3.05) is 11.5 Å². The highest BCUT2D eigenvalue weighted by atomic mass is 79.9. The summed E-state index contributed by atoms with van der Waals surface area (Å²) >= 11 is 6.93. The van der Waals surface area contributed by atoms with Gasteiger partial charge in [0.25, 0.3) is 0 Å². The lowest BCUT2D eigenvalue weighted by atomic mass is 10.3. The number of nitrogens with zero attached hydrogens (tertiary/aromatic N) is 1. The van der Waals surface area contributed by atoms with E-state index in [1.807, 2.05) is 17.6 Å². The van der Waals surface area contributed by atoms with E-state index >= 15 is 0 Å². The summed E-state index contributed by atoms with van der Waals surface area (Å²) in [5.74, 6) is 1.04. The lowest BCUT2D eigenvalue weighted by molar-refractivity contribution is 1.12. The average Bonchev–Trinajstić information content (AvgIpc) is 2.68. The van der Waals surface area contributed by atoms with Crippen molar-refractivity contribution >= 4 is 44.7 Å². The number of rotatable bonds is 4. The maximum Gasteiger partial charge on any atom is 0.0797 e. The second-order valence-electron chi connectivity index (χ2n) is 3.64. The Bertz CT molecular complexity index is 511. The molecule has 1 heterocycles. The molecule has 0 fully saturated rings. The van der Waals surface area contributed by atoms with Crippen LogP contribution in [0.1, 0.15) is 10.6 Å². The molecule has 1 aromatic carbocycles. The molecule has 0 aliphatic rings. The molecule has 0 unspecified atom stereocenters. The fraction of sp³-hybridized carbons (Fsp3) is 0.250. The molecule has 0 aliphatic carbocycles. The van der Waals surface area contributed by atoms with Crippen LogP contribution in [0.15, 0.2) is 33.1 Å². The van der Waals surface area contributed by atoms with Crippen LogP contribution in [0.2, 0.25) is 0 Å². The van der Waals surface area contributed by atoms with Crippen molar-refractivity contribution in [1.29, 1.82) is 0 Å². The van der Waals surface area contributed by atoms with Crippen LogP contribution in [-0.4, -0.2) is 10.7 Å². The Morgan fingerprint density at radius 1 is 1.47 bits per heavy atom. The minimum absolute atomic E-state index is 0.838. The zero-order valence-electron chi connectivity index (χ0n) is 9.44. The van der Waals surface area contributed by atoms with Gasteiger partial charge >= 0.3 is 0 Å². The molecule has 17 heavy (non-hydrogen) atoms. The minimum atomic E-state index is 0.838. The summed E-state index contributed by atoms with van der Waals surface area (Å²) in [7, 11) is 0. The number of aromatic nitrogens is 1. The van der Waals surface area contributed by atoms with Crippen LogP contribution in [0, 0.1) is 6.92 Å². The smallest absolute Gasteiger partial charge is 0.0797 e. The second kappa shape index (κ2) is 5.89. The molecule has 0 saturated carbocycles. The Labute approximate surface area is 118 Å². The minimum Gasteiger partial charge on any atom is -0.398 e. The van der Waals surface area contributed by atoms with Crippen LogP contribution in [0.4, 0.5) is 5.69 Å². The number of hydrogen-bond donors (Lipinski definition) is 1. The summed E-state index contributed by atoms with van der Waals surface area (Å²) in [5.41, 5.74) is 9.85. The summed E-state index contributed by atoms with van der Waals surface area (Å²) in [6.07, 6.45) is 1.05. The summed E-state index contributed by atoms with van der Waals surface area (Å²) in [5, 5.41) is 0. The third-order valence-corrected chi connectivity index (χ3v) is 4.98. The number of aryl methyl sites for hydroxylation is 2. The molecule has 2 nitrogen and oxygen atoms in total. The number of halogens is 1. The number of hydrogen-bond acceptors (Lipinski definition) is 4. The van der Waals surface area contributed by atoms with E-state index in [1.165, 1.54) is 4.88 Å². The maximum absolute atomic E-state index is 5.95. The largest absolute Gasteiger partial charge is 0.398 e. The van der Waals surface area contributed by atoms with Crippen LogP contribution in [0.25, 0.3) is 0 Å². The van der Waals surface area contributed by atoms with Crippen LogP contribution < -0.4 is 5.73 Å². The lowest BCUT2D eigenvalue weighted by Gasteiger charge is -2.05. The van der Waals surface area contributed by atoms with Crippen LogP contribution in [0.5, 0.6) is 0 Å². The van der Waals surface area contributed by atoms with E-state index in [0.717, 1.165) is 32.9 Å². The molecule has 2 rings (SSSR count). The Balaban J connectivity index is 1.92. The maximum atomic E-state index is 5.95. The van der Waals surface area contributed by atoms with E-state index in [2.05, 4.69) is 33.9 Å². The number of nitrogens with two attached hydrogens (primary N) is 1. The molecule has 5 heteroatoms. The van der Waals surface area contributed by atoms with Crippen molar-refractivity contribution < 1.29 is 0 Å². The molecule has 0 radical (unpaired) electrons. The number of thioether (sulfide) groups is 1. The van der Waals surface area contributed by atoms with E-state index in [-0.39, 0.29) is 0 Å². The highest BCUT2D eigenvalue weighted by Gasteiger charge is 2.04. The standard InChI is InChI=1S/C12H13BrN2S2/c1-8-11(17-7-15-8)4-5-16-12-3-2-9(13)6-10(12)14/h2-3,6-7H,4-5,14H2,1H3. The van der Waals surface area contributed by atoms with Crippen molar-refractivity contribution in [2.24, 2.45) is 0 Å². The Kier molecular flexibility index (Phi) is 4.48. The van der Waals surface area contributed by atoms with Gasteiger partial charge in [-0.3, -0.25) is 0 Å². The molecule has 0 amide bonds. The molecule has 2 N–H and O–H groups in total. The van der Waals surface area contributed by atoms with Crippen molar-refractivity contribution in [3.05, 3.63) is 38.8 Å². The van der Waals surface area contributed by atoms with Gasteiger partial charge in [0.1, 0.15) is 0 Å². The first-order chi connectivity index (χ1) is 8.16. The van der Waals surface area contributed by atoms with Crippen molar-refractivity contribution in [2.45, 2.75) is 18.2 Å². The second-order valence-corrected chi connectivity index (χ2v) is 6.63. The molecule has 1 aromatic heterocycles. The molecule has 0 aliphatic heterocycles. The molecule has 0 saturated heterocycles. The Morgan fingerprint density at radius 3 is 2.94 bits per heavy atom. The highest BCUT2D eigenvalue weighted by molar-refractivity contribution is 9.10. The van der Waals surface area contributed by atoms with Crippen molar-refractivity contribution in [3.63, 3.8) is 0 Å². The number of thiazole rings is 1. The quantitative estimate of drug-likeness (QED) is 0.677. The van der Waals surface area contributed by atoms with E-state index in [9.17, 15) is 0 Å². The van der Waals surface area contributed by atoms with Gasteiger partial charge in [-0.1, -0.05) is 15.9 Å². The Morgan fingerprint density at radius 2 is 2.29 bits per heavy atom. The van der Waals surface area contributed by atoms with E-state index in [4.69, 9.17) is 5.73 Å². The molecule has 0 bridgehead atoms. The van der Waals surface area contributed by atoms with Gasteiger partial charge in [0, 0.05) is 25.7 Å². The Hall–Kier alpha value is -0.520. The van der Waals surface area contributed by atoms with Crippen LogP contribution in [-0.2, 0) is 6.42 Å². The third kappa shape index (κ3) is 3.47. The topological polar surface area (TPSA) is 38.9 Å². The molecule has 2 aromatic rings. The average molecular weight is 329 g/mol. The van der Waals surface area contributed by atoms with Crippen molar-refractivity contribution in [3.8, 4) is 0 Å². The van der Waals surface area contributed by atoms with E-state index in [0.29, 0.717) is 0 Å². The van der Waals surface area contributed by atoms with Gasteiger partial charge in [-0.2, -0.15) is 0 Å². The first-order valence-electron chi connectivity index (χ1n) is 5.23. The van der Waals surface area contributed by atoms with E-state index < -0.39 is 0 Å². The zero-order valence-corrected chi connectivity index (χ0v) is 12.7. The third-order valence-electron chi connectivity index (χ3n) is 2.40. The predicted octanol–water partition coefficient (Wildman–Crippen LogP) is 4.13. The SMILES string of the molecule is Cc1ncsc1CCSc1ccc(Br)cc1N. The van der Waals surface area contributed by atoms with Gasteiger partial charge in [-0.15, -0.1) is 23.1 Å². The molecule has 0 spiro atoms. The molecular formula is C12H13BrN2S2. The van der Waals surface area contributed by atoms with Gasteiger partial charge in [-0.05, 0) is 31.5 Å². The molecule has 0 atom stereocenters. The van der Waals surface area contributed by atoms with Crippen molar-refractivity contribution in [1.82, 2.24) is 4.98 Å². The number of anilines is 1. The summed E-state index contributed by atoms with van der Waals surface area (Å²) in [6, 6.07) is 6.03. The lowest BCUT2D eigenvalue weighted by Crippen LogP contribution is -1.92.